The molecule has 0 aliphatic rings. The highest BCUT2D eigenvalue weighted by atomic mass is 16.5. The van der Waals surface area contributed by atoms with Crippen LogP contribution in [0.5, 0.6) is 0 Å². The Hall–Kier alpha value is -1.00. The zero-order valence-electron chi connectivity index (χ0n) is 12.2. The lowest BCUT2D eigenvalue weighted by Gasteiger charge is -2.28. The van der Waals surface area contributed by atoms with E-state index in [2.05, 4.69) is 44.6 Å². The molecule has 0 aromatic carbocycles. The summed E-state index contributed by atoms with van der Waals surface area (Å²) in [5, 5.41) is 9.30. The monoisotopic (exact) mass is 252 g/mol. The number of aliphatic hydroxyl groups is 1. The van der Waals surface area contributed by atoms with Crippen LogP contribution in [-0.4, -0.2) is 22.2 Å². The fourth-order valence-corrected chi connectivity index (χ4v) is 2.03. The van der Waals surface area contributed by atoms with E-state index in [0.717, 1.165) is 11.3 Å². The van der Waals surface area contributed by atoms with Crippen molar-refractivity contribution in [3.63, 3.8) is 0 Å². The van der Waals surface area contributed by atoms with E-state index in [9.17, 15) is 5.11 Å². The molecule has 0 amide bonds. The molecule has 1 atom stereocenters. The molecule has 4 nitrogen and oxygen atoms in total. The normalized spacial score (nSPS) is 14.0. The zero-order valence-corrected chi connectivity index (χ0v) is 12.2. The van der Waals surface area contributed by atoms with Crippen LogP contribution in [-0.2, 0) is 11.3 Å². The maximum Gasteiger partial charge on any atom is 0.157 e. The van der Waals surface area contributed by atoms with Gasteiger partial charge >= 0.3 is 0 Å². The number of ether oxygens (including phenoxy) is 1. The SMILES string of the molecule is COC(c1ncc(CO)c(C(C)C)n1)C(C)(C)C. The van der Waals surface area contributed by atoms with Crippen molar-refractivity contribution in [3.05, 3.63) is 23.3 Å². The molecule has 4 heteroatoms. The predicted octanol–water partition coefficient (Wildman–Crippen LogP) is 2.83. The summed E-state index contributed by atoms with van der Waals surface area (Å²) in [5.74, 6) is 0.942. The highest BCUT2D eigenvalue weighted by Gasteiger charge is 2.29. The number of aliphatic hydroxyl groups excluding tert-OH is 1. The molecule has 0 bridgehead atoms. The summed E-state index contributed by atoms with van der Waals surface area (Å²) in [6, 6.07) is 0. The van der Waals surface area contributed by atoms with Gasteiger partial charge in [0.25, 0.3) is 0 Å². The number of aromatic nitrogens is 2. The summed E-state index contributed by atoms with van der Waals surface area (Å²) < 4.78 is 5.52. The first-order chi connectivity index (χ1) is 8.31. The van der Waals surface area contributed by atoms with Crippen molar-refractivity contribution in [2.45, 2.75) is 53.2 Å². The second-order valence-corrected chi connectivity index (χ2v) is 5.93. The van der Waals surface area contributed by atoms with Gasteiger partial charge in [-0.05, 0) is 11.3 Å². The molecule has 1 aromatic rings. The minimum atomic E-state index is -0.150. The molecule has 0 radical (unpaired) electrons. The molecule has 18 heavy (non-hydrogen) atoms. The largest absolute Gasteiger partial charge is 0.392 e. The average molecular weight is 252 g/mol. The fourth-order valence-electron chi connectivity index (χ4n) is 2.03. The lowest BCUT2D eigenvalue weighted by Crippen LogP contribution is -2.23. The molecule has 1 unspecified atom stereocenters. The van der Waals surface area contributed by atoms with E-state index in [-0.39, 0.29) is 24.0 Å². The van der Waals surface area contributed by atoms with Crippen LogP contribution in [0.1, 0.15) is 63.7 Å². The Morgan fingerprint density at radius 2 is 1.94 bits per heavy atom. The molecular formula is C14H24N2O2. The van der Waals surface area contributed by atoms with E-state index in [1.807, 2.05) is 0 Å². The van der Waals surface area contributed by atoms with Crippen molar-refractivity contribution >= 4 is 0 Å². The Morgan fingerprint density at radius 3 is 2.33 bits per heavy atom. The third-order valence-corrected chi connectivity index (χ3v) is 2.89. The third kappa shape index (κ3) is 3.27. The van der Waals surface area contributed by atoms with Gasteiger partial charge in [-0.25, -0.2) is 9.97 Å². The second kappa shape index (κ2) is 5.76. The topological polar surface area (TPSA) is 55.2 Å². The Bertz CT molecular complexity index is 397. The van der Waals surface area contributed by atoms with E-state index in [4.69, 9.17) is 4.74 Å². The quantitative estimate of drug-likeness (QED) is 0.895. The number of methoxy groups -OCH3 is 1. The van der Waals surface area contributed by atoms with Gasteiger partial charge in [-0.1, -0.05) is 34.6 Å². The van der Waals surface area contributed by atoms with Gasteiger partial charge in [-0.15, -0.1) is 0 Å². The Labute approximate surface area is 109 Å². The predicted molar refractivity (Wildman–Crippen MR) is 71.2 cm³/mol. The van der Waals surface area contributed by atoms with Crippen molar-refractivity contribution in [3.8, 4) is 0 Å². The van der Waals surface area contributed by atoms with Gasteiger partial charge in [0, 0.05) is 18.9 Å². The molecule has 0 saturated carbocycles. The number of nitrogens with zero attached hydrogens (tertiary/aromatic N) is 2. The second-order valence-electron chi connectivity index (χ2n) is 5.93. The van der Waals surface area contributed by atoms with Crippen LogP contribution in [0, 0.1) is 5.41 Å². The molecule has 1 rings (SSSR count). The number of hydrogen-bond acceptors (Lipinski definition) is 4. The smallest absolute Gasteiger partial charge is 0.157 e. The Balaban J connectivity index is 3.22. The summed E-state index contributed by atoms with van der Waals surface area (Å²) in [7, 11) is 1.67. The zero-order chi connectivity index (χ0) is 13.9. The van der Waals surface area contributed by atoms with E-state index in [0.29, 0.717) is 5.82 Å². The van der Waals surface area contributed by atoms with Crippen molar-refractivity contribution in [1.29, 1.82) is 0 Å². The summed E-state index contributed by atoms with van der Waals surface area (Å²) in [6.07, 6.45) is 1.55. The molecule has 0 saturated heterocycles. The van der Waals surface area contributed by atoms with Gasteiger partial charge in [0.1, 0.15) is 6.10 Å². The lowest BCUT2D eigenvalue weighted by molar-refractivity contribution is 0.00838. The van der Waals surface area contributed by atoms with Gasteiger partial charge in [0.2, 0.25) is 0 Å². The Kier molecular flexibility index (Phi) is 4.82. The van der Waals surface area contributed by atoms with E-state index in [1.54, 1.807) is 13.3 Å². The van der Waals surface area contributed by atoms with Crippen LogP contribution in [0.4, 0.5) is 0 Å². The van der Waals surface area contributed by atoms with E-state index in [1.165, 1.54) is 0 Å². The van der Waals surface area contributed by atoms with Gasteiger partial charge in [-0.2, -0.15) is 0 Å². The standard InChI is InChI=1S/C14H24N2O2/c1-9(2)11-10(8-17)7-15-13(16-11)12(18-6)14(3,4)5/h7,9,12,17H,8H2,1-6H3. The summed E-state index contributed by atoms with van der Waals surface area (Å²) in [4.78, 5) is 8.92. The molecule has 0 aliphatic heterocycles. The van der Waals surface area contributed by atoms with Gasteiger partial charge in [0.15, 0.2) is 5.82 Å². The van der Waals surface area contributed by atoms with Crippen LogP contribution in [0.15, 0.2) is 6.20 Å². The van der Waals surface area contributed by atoms with Gasteiger partial charge in [-0.3, -0.25) is 0 Å². The first-order valence-electron chi connectivity index (χ1n) is 6.30. The van der Waals surface area contributed by atoms with Crippen LogP contribution in [0.3, 0.4) is 0 Å². The van der Waals surface area contributed by atoms with E-state index >= 15 is 0 Å². The first kappa shape index (κ1) is 15.1. The third-order valence-electron chi connectivity index (χ3n) is 2.89. The summed E-state index contributed by atoms with van der Waals surface area (Å²) >= 11 is 0. The summed E-state index contributed by atoms with van der Waals surface area (Å²) in [5.41, 5.74) is 1.62. The fraction of sp³-hybridized carbons (Fsp3) is 0.714. The average Bonchev–Trinajstić information content (AvgIpc) is 2.27. The minimum absolute atomic E-state index is 0.0268. The number of rotatable bonds is 4. The van der Waals surface area contributed by atoms with Crippen molar-refractivity contribution in [1.82, 2.24) is 9.97 Å². The minimum Gasteiger partial charge on any atom is -0.392 e. The maximum atomic E-state index is 9.30. The molecule has 102 valence electrons. The van der Waals surface area contributed by atoms with Crippen molar-refractivity contribution in [2.75, 3.05) is 7.11 Å². The highest BCUT2D eigenvalue weighted by Crippen LogP contribution is 2.34. The van der Waals surface area contributed by atoms with Gasteiger partial charge < -0.3 is 9.84 Å². The van der Waals surface area contributed by atoms with Crippen LogP contribution in [0.2, 0.25) is 0 Å². The van der Waals surface area contributed by atoms with E-state index < -0.39 is 0 Å². The Morgan fingerprint density at radius 1 is 1.33 bits per heavy atom. The molecular weight excluding hydrogens is 228 g/mol. The lowest BCUT2D eigenvalue weighted by atomic mass is 9.88. The number of hydrogen-bond donors (Lipinski definition) is 1. The highest BCUT2D eigenvalue weighted by molar-refractivity contribution is 5.20. The van der Waals surface area contributed by atoms with Crippen LogP contribution >= 0.6 is 0 Å². The van der Waals surface area contributed by atoms with Crippen LogP contribution < -0.4 is 0 Å². The van der Waals surface area contributed by atoms with Crippen molar-refractivity contribution in [2.24, 2.45) is 5.41 Å². The summed E-state index contributed by atoms with van der Waals surface area (Å²) in [6.45, 7) is 10.4. The van der Waals surface area contributed by atoms with Gasteiger partial charge in [0.05, 0.1) is 12.3 Å². The van der Waals surface area contributed by atoms with Crippen LogP contribution in [0.25, 0.3) is 0 Å². The molecule has 1 aromatic heterocycles. The van der Waals surface area contributed by atoms with Crippen molar-refractivity contribution < 1.29 is 9.84 Å². The molecule has 0 fully saturated rings. The molecule has 1 heterocycles. The first-order valence-corrected chi connectivity index (χ1v) is 6.30. The molecule has 1 N–H and O–H groups in total. The maximum absolute atomic E-state index is 9.30. The molecule has 0 spiro atoms. The molecule has 0 aliphatic carbocycles.